The van der Waals surface area contributed by atoms with E-state index in [4.69, 9.17) is 0 Å². The highest BCUT2D eigenvalue weighted by Crippen LogP contribution is 2.40. The predicted octanol–water partition coefficient (Wildman–Crippen LogP) is 3.15. The fourth-order valence-corrected chi connectivity index (χ4v) is 3.81. The third-order valence-electron chi connectivity index (χ3n) is 5.29. The molecule has 0 radical (unpaired) electrons. The first kappa shape index (κ1) is 19.0. The molecule has 1 saturated heterocycles. The normalized spacial score (nSPS) is 18.9. The van der Waals surface area contributed by atoms with Crippen molar-refractivity contribution in [1.82, 2.24) is 14.8 Å². The molecule has 1 aliphatic heterocycles. The van der Waals surface area contributed by atoms with E-state index in [-0.39, 0.29) is 11.3 Å². The minimum Gasteiger partial charge on any atom is -0.507 e. The van der Waals surface area contributed by atoms with Crippen LogP contribution in [0.25, 0.3) is 16.7 Å². The second kappa shape index (κ2) is 7.56. The van der Waals surface area contributed by atoms with Gasteiger partial charge in [-0.25, -0.2) is 0 Å². The van der Waals surface area contributed by atoms with Gasteiger partial charge in [-0.3, -0.25) is 9.59 Å². The van der Waals surface area contributed by atoms with Crippen LogP contribution < -0.4 is 0 Å². The van der Waals surface area contributed by atoms with Crippen LogP contribution in [-0.2, 0) is 9.59 Å². The quantitative estimate of drug-likeness (QED) is 0.399. The van der Waals surface area contributed by atoms with E-state index in [1.165, 1.54) is 0 Å². The highest BCUT2D eigenvalue weighted by Gasteiger charge is 2.46. The standard InChI is InChI=1S/C23H23N3O3/c1-25(2)12-13-26-20(15-8-4-3-5-9-15)19(22(28)23(26)29)21(27)17-14-24-18-11-7-6-10-16(17)18/h3-11,14,20,24,27H,12-13H2,1-2H3/b21-19+. The first-order valence-electron chi connectivity index (χ1n) is 9.53. The van der Waals surface area contributed by atoms with Crippen LogP contribution >= 0.6 is 0 Å². The largest absolute Gasteiger partial charge is 0.507 e. The molecule has 0 saturated carbocycles. The molecule has 4 rings (SSSR count). The SMILES string of the molecule is CN(C)CCN1C(=O)C(=O)/C(=C(/O)c2c[nH]c3ccccc23)C1c1ccccc1. The van der Waals surface area contributed by atoms with Gasteiger partial charge in [-0.2, -0.15) is 0 Å². The number of Topliss-reactive ketones (excluding diaryl/α,β-unsaturated/α-hetero) is 1. The molecular formula is C23H23N3O3. The van der Waals surface area contributed by atoms with Crippen LogP contribution in [0.5, 0.6) is 0 Å². The van der Waals surface area contributed by atoms with Crippen LogP contribution in [0, 0.1) is 0 Å². The maximum Gasteiger partial charge on any atom is 0.295 e. The third-order valence-corrected chi connectivity index (χ3v) is 5.29. The van der Waals surface area contributed by atoms with Gasteiger partial charge in [-0.1, -0.05) is 48.5 Å². The third kappa shape index (κ3) is 3.32. The van der Waals surface area contributed by atoms with Gasteiger partial charge >= 0.3 is 0 Å². The van der Waals surface area contributed by atoms with E-state index in [1.54, 1.807) is 11.1 Å². The van der Waals surface area contributed by atoms with Crippen LogP contribution in [0.4, 0.5) is 0 Å². The second-order valence-corrected chi connectivity index (χ2v) is 7.45. The number of aliphatic hydroxyl groups excluding tert-OH is 1. The molecule has 1 amide bonds. The predicted molar refractivity (Wildman–Crippen MR) is 112 cm³/mol. The van der Waals surface area contributed by atoms with Gasteiger partial charge < -0.3 is 19.9 Å². The topological polar surface area (TPSA) is 76.6 Å². The number of hydrogen-bond acceptors (Lipinski definition) is 4. The fourth-order valence-electron chi connectivity index (χ4n) is 3.81. The number of carbonyl (C=O) groups is 2. The summed E-state index contributed by atoms with van der Waals surface area (Å²) in [5.74, 6) is -1.38. The summed E-state index contributed by atoms with van der Waals surface area (Å²) in [7, 11) is 3.83. The van der Waals surface area contributed by atoms with Gasteiger partial charge in [0.05, 0.1) is 11.6 Å². The molecule has 2 heterocycles. The summed E-state index contributed by atoms with van der Waals surface area (Å²) in [6, 6.07) is 16.3. The number of ketones is 1. The Morgan fingerprint density at radius 3 is 2.48 bits per heavy atom. The Morgan fingerprint density at radius 1 is 1.07 bits per heavy atom. The van der Waals surface area contributed by atoms with Crippen LogP contribution in [0.15, 0.2) is 66.4 Å². The lowest BCUT2D eigenvalue weighted by molar-refractivity contribution is -0.140. The van der Waals surface area contributed by atoms with Crippen molar-refractivity contribution in [3.63, 3.8) is 0 Å². The zero-order valence-corrected chi connectivity index (χ0v) is 16.4. The van der Waals surface area contributed by atoms with Gasteiger partial charge in [0.15, 0.2) is 0 Å². The number of aromatic nitrogens is 1. The molecule has 1 aromatic heterocycles. The minimum absolute atomic E-state index is 0.129. The molecule has 1 fully saturated rings. The Bertz CT molecular complexity index is 1100. The van der Waals surface area contributed by atoms with Crippen molar-refractivity contribution >= 4 is 28.4 Å². The fraction of sp³-hybridized carbons (Fsp3) is 0.217. The van der Waals surface area contributed by atoms with Gasteiger partial charge in [0.25, 0.3) is 11.7 Å². The van der Waals surface area contributed by atoms with Crippen LogP contribution in [-0.4, -0.2) is 58.8 Å². The Morgan fingerprint density at radius 2 is 1.76 bits per heavy atom. The Kier molecular flexibility index (Phi) is 4.94. The first-order valence-corrected chi connectivity index (χ1v) is 9.53. The molecule has 3 aromatic rings. The van der Waals surface area contributed by atoms with E-state index in [0.717, 1.165) is 16.5 Å². The van der Waals surface area contributed by atoms with Gasteiger partial charge in [-0.05, 0) is 25.7 Å². The van der Waals surface area contributed by atoms with Gasteiger partial charge in [-0.15, -0.1) is 0 Å². The molecule has 0 aliphatic carbocycles. The summed E-state index contributed by atoms with van der Waals surface area (Å²) >= 11 is 0. The lowest BCUT2D eigenvalue weighted by atomic mass is 9.95. The molecule has 148 valence electrons. The van der Waals surface area contributed by atoms with Crippen molar-refractivity contribution in [2.24, 2.45) is 0 Å². The number of nitrogens with one attached hydrogen (secondary N) is 1. The van der Waals surface area contributed by atoms with Crippen LogP contribution in [0.3, 0.4) is 0 Å². The second-order valence-electron chi connectivity index (χ2n) is 7.45. The van der Waals surface area contributed by atoms with Crippen molar-refractivity contribution in [2.45, 2.75) is 6.04 Å². The number of likely N-dealkylation sites (N-methyl/N-ethyl adjacent to an activating group) is 1. The minimum atomic E-state index is -0.652. The summed E-state index contributed by atoms with van der Waals surface area (Å²) in [4.78, 5) is 32.5. The van der Waals surface area contributed by atoms with Gasteiger partial charge in [0.1, 0.15) is 5.76 Å². The van der Waals surface area contributed by atoms with Gasteiger partial charge in [0.2, 0.25) is 0 Å². The number of amides is 1. The van der Waals surface area contributed by atoms with Gasteiger partial charge in [0, 0.05) is 35.8 Å². The molecule has 0 bridgehead atoms. The van der Waals surface area contributed by atoms with Crippen molar-refractivity contribution in [3.05, 3.63) is 77.5 Å². The van der Waals surface area contributed by atoms with Crippen molar-refractivity contribution in [3.8, 4) is 0 Å². The Balaban J connectivity index is 1.88. The molecule has 6 heteroatoms. The number of fused-ring (bicyclic) bond motifs is 1. The van der Waals surface area contributed by atoms with Crippen LogP contribution in [0.1, 0.15) is 17.2 Å². The summed E-state index contributed by atoms with van der Waals surface area (Å²) in [6.07, 6.45) is 1.68. The molecular weight excluding hydrogens is 366 g/mol. The van der Waals surface area contributed by atoms with Crippen molar-refractivity contribution < 1.29 is 14.7 Å². The number of likely N-dealkylation sites (tertiary alicyclic amines) is 1. The smallest absolute Gasteiger partial charge is 0.295 e. The summed E-state index contributed by atoms with van der Waals surface area (Å²) in [5, 5.41) is 12.0. The summed E-state index contributed by atoms with van der Waals surface area (Å²) < 4.78 is 0. The molecule has 29 heavy (non-hydrogen) atoms. The molecule has 2 aromatic carbocycles. The van der Waals surface area contributed by atoms with E-state index >= 15 is 0 Å². The number of nitrogens with zero attached hydrogens (tertiary/aromatic N) is 2. The molecule has 6 nitrogen and oxygen atoms in total. The van der Waals surface area contributed by atoms with E-state index in [1.807, 2.05) is 73.6 Å². The molecule has 2 N–H and O–H groups in total. The highest BCUT2D eigenvalue weighted by molar-refractivity contribution is 6.46. The number of para-hydroxylation sites is 1. The van der Waals surface area contributed by atoms with E-state index in [0.29, 0.717) is 18.7 Å². The molecule has 1 atom stereocenters. The molecule has 0 spiro atoms. The average molecular weight is 389 g/mol. The number of aromatic amines is 1. The number of aliphatic hydroxyl groups is 1. The number of carbonyl (C=O) groups excluding carboxylic acids is 2. The summed E-state index contributed by atoms with van der Waals surface area (Å²) in [5.41, 5.74) is 2.30. The first-order chi connectivity index (χ1) is 14.0. The average Bonchev–Trinajstić information content (AvgIpc) is 3.26. The number of H-pyrrole nitrogens is 1. The maximum atomic E-state index is 13.0. The molecule has 1 unspecified atom stereocenters. The Hall–Kier alpha value is -3.38. The zero-order valence-electron chi connectivity index (χ0n) is 16.4. The van der Waals surface area contributed by atoms with E-state index < -0.39 is 17.7 Å². The van der Waals surface area contributed by atoms with Crippen LogP contribution in [0.2, 0.25) is 0 Å². The van der Waals surface area contributed by atoms with E-state index in [9.17, 15) is 14.7 Å². The number of rotatable bonds is 5. The number of hydrogen-bond donors (Lipinski definition) is 2. The van der Waals surface area contributed by atoms with E-state index in [2.05, 4.69) is 4.98 Å². The lowest BCUT2D eigenvalue weighted by Crippen LogP contribution is -2.35. The van der Waals surface area contributed by atoms with Crippen molar-refractivity contribution in [1.29, 1.82) is 0 Å². The van der Waals surface area contributed by atoms with Crippen molar-refractivity contribution in [2.75, 3.05) is 27.2 Å². The maximum absolute atomic E-state index is 13.0. The summed E-state index contributed by atoms with van der Waals surface area (Å²) in [6.45, 7) is 1.01. The molecule has 1 aliphatic rings. The highest BCUT2D eigenvalue weighted by atomic mass is 16.3. The monoisotopic (exact) mass is 389 g/mol. The Labute approximate surface area is 169 Å². The zero-order chi connectivity index (χ0) is 20.5. The number of benzene rings is 2. The lowest BCUT2D eigenvalue weighted by Gasteiger charge is -2.26.